The van der Waals surface area contributed by atoms with Crippen LogP contribution in [-0.4, -0.2) is 50.7 Å². The van der Waals surface area contributed by atoms with Crippen LogP contribution in [0.25, 0.3) is 0 Å². The van der Waals surface area contributed by atoms with E-state index in [9.17, 15) is 0 Å². The highest BCUT2D eigenvalue weighted by Crippen LogP contribution is 2.36. The highest BCUT2D eigenvalue weighted by atomic mass is 35.5. The highest BCUT2D eigenvalue weighted by molar-refractivity contribution is 6.32. The fourth-order valence-corrected chi connectivity index (χ4v) is 3.74. The fourth-order valence-electron chi connectivity index (χ4n) is 3.43. The van der Waals surface area contributed by atoms with Crippen LogP contribution in [0.3, 0.4) is 0 Å². The number of ether oxygens (including phenoxy) is 2. The van der Waals surface area contributed by atoms with E-state index in [2.05, 4.69) is 47.2 Å². The molecular weight excluding hydrogens is 336 g/mol. The second-order valence-corrected chi connectivity index (χ2v) is 6.86. The Kier molecular flexibility index (Phi) is 5.84. The van der Waals surface area contributed by atoms with E-state index in [1.807, 2.05) is 12.1 Å². The summed E-state index contributed by atoms with van der Waals surface area (Å²) in [5, 5.41) is 0.589. The number of halogens is 1. The van der Waals surface area contributed by atoms with E-state index in [1.54, 1.807) is 14.2 Å². The van der Waals surface area contributed by atoms with E-state index in [1.165, 1.54) is 5.56 Å². The summed E-state index contributed by atoms with van der Waals surface area (Å²) < 4.78 is 10.7. The van der Waals surface area contributed by atoms with Crippen LogP contribution in [-0.2, 0) is 6.54 Å². The smallest absolute Gasteiger partial charge is 0.179 e. The summed E-state index contributed by atoms with van der Waals surface area (Å²) in [6.07, 6.45) is 0. The van der Waals surface area contributed by atoms with Crippen LogP contribution in [0.2, 0.25) is 5.02 Å². The molecule has 1 saturated heterocycles. The first-order chi connectivity index (χ1) is 12.1. The van der Waals surface area contributed by atoms with Gasteiger partial charge >= 0.3 is 0 Å². The Morgan fingerprint density at radius 2 is 1.84 bits per heavy atom. The van der Waals surface area contributed by atoms with Gasteiger partial charge in [0.15, 0.2) is 11.5 Å². The maximum absolute atomic E-state index is 6.35. The second kappa shape index (κ2) is 8.09. The number of piperazine rings is 1. The van der Waals surface area contributed by atoms with Gasteiger partial charge in [-0.2, -0.15) is 0 Å². The van der Waals surface area contributed by atoms with E-state index in [0.29, 0.717) is 22.6 Å². The quantitative estimate of drug-likeness (QED) is 0.808. The Bertz CT molecular complexity index is 708. The average Bonchev–Trinajstić information content (AvgIpc) is 2.63. The van der Waals surface area contributed by atoms with E-state index < -0.39 is 0 Å². The molecule has 1 fully saturated rings. The van der Waals surface area contributed by atoms with Gasteiger partial charge in [-0.1, -0.05) is 41.9 Å². The molecule has 1 heterocycles. The van der Waals surface area contributed by atoms with Gasteiger partial charge in [-0.15, -0.1) is 0 Å². The molecule has 0 amide bonds. The maximum atomic E-state index is 6.35. The van der Waals surface area contributed by atoms with Gasteiger partial charge in [0.25, 0.3) is 0 Å². The first-order valence-electron chi connectivity index (χ1n) is 8.50. The molecule has 0 aromatic heterocycles. The molecule has 0 spiro atoms. The zero-order valence-corrected chi connectivity index (χ0v) is 15.8. The lowest BCUT2D eigenvalue weighted by atomic mass is 10.0. The van der Waals surface area contributed by atoms with Crippen molar-refractivity contribution in [3.8, 4) is 11.5 Å². The zero-order chi connectivity index (χ0) is 17.8. The fraction of sp³-hybridized carbons (Fsp3) is 0.400. The molecule has 1 atom stereocenters. The van der Waals surface area contributed by atoms with Crippen LogP contribution in [0.15, 0.2) is 42.5 Å². The van der Waals surface area contributed by atoms with E-state index in [4.69, 9.17) is 21.1 Å². The van der Waals surface area contributed by atoms with Gasteiger partial charge in [0.1, 0.15) is 0 Å². The number of rotatable bonds is 5. The molecule has 134 valence electrons. The van der Waals surface area contributed by atoms with Gasteiger partial charge < -0.3 is 9.47 Å². The van der Waals surface area contributed by atoms with Crippen LogP contribution in [0.4, 0.5) is 0 Å². The third-order valence-electron chi connectivity index (χ3n) is 4.82. The Labute approximate surface area is 154 Å². The van der Waals surface area contributed by atoms with Crippen molar-refractivity contribution in [1.82, 2.24) is 9.80 Å². The van der Waals surface area contributed by atoms with Crippen molar-refractivity contribution in [1.29, 1.82) is 0 Å². The molecule has 0 radical (unpaired) electrons. The van der Waals surface area contributed by atoms with Crippen LogP contribution in [0, 0.1) is 0 Å². The summed E-state index contributed by atoms with van der Waals surface area (Å²) >= 11 is 6.35. The molecule has 0 unspecified atom stereocenters. The lowest BCUT2D eigenvalue weighted by molar-refractivity contribution is 0.0904. The summed E-state index contributed by atoms with van der Waals surface area (Å²) in [6.45, 7) is 3.91. The third-order valence-corrected chi connectivity index (χ3v) is 5.10. The largest absolute Gasteiger partial charge is 0.493 e. The summed E-state index contributed by atoms with van der Waals surface area (Å²) in [4.78, 5) is 4.89. The van der Waals surface area contributed by atoms with Gasteiger partial charge in [0, 0.05) is 32.2 Å². The zero-order valence-electron chi connectivity index (χ0n) is 15.0. The number of likely N-dealkylation sites (N-methyl/N-ethyl adjacent to an activating group) is 1. The van der Waals surface area contributed by atoms with Crippen LogP contribution in [0.1, 0.15) is 17.2 Å². The summed E-state index contributed by atoms with van der Waals surface area (Å²) in [5.74, 6) is 1.27. The standard InChI is InChI=1S/C20H25ClN2O2/c1-22-9-10-23(14-18(22)16-7-5-4-6-8-16)13-15-11-17(21)20(25-3)19(12-15)24-2/h4-8,11-12,18H,9-10,13-14H2,1-3H3/t18-/m1/s1. The van der Waals surface area contributed by atoms with E-state index >= 15 is 0 Å². The highest BCUT2D eigenvalue weighted by Gasteiger charge is 2.26. The monoisotopic (exact) mass is 360 g/mol. The minimum absolute atomic E-state index is 0.408. The van der Waals surface area contributed by atoms with Gasteiger partial charge in [-0.25, -0.2) is 0 Å². The van der Waals surface area contributed by atoms with Crippen molar-refractivity contribution < 1.29 is 9.47 Å². The first-order valence-corrected chi connectivity index (χ1v) is 8.88. The van der Waals surface area contributed by atoms with Gasteiger partial charge in [0.2, 0.25) is 0 Å². The minimum atomic E-state index is 0.408. The third kappa shape index (κ3) is 4.09. The Morgan fingerprint density at radius 3 is 2.52 bits per heavy atom. The molecular formula is C20H25ClN2O2. The van der Waals surface area contributed by atoms with Gasteiger partial charge in [-0.3, -0.25) is 9.80 Å². The molecule has 2 aromatic carbocycles. The molecule has 0 aliphatic carbocycles. The minimum Gasteiger partial charge on any atom is -0.493 e. The lowest BCUT2D eigenvalue weighted by Gasteiger charge is -2.39. The molecule has 1 aliphatic heterocycles. The van der Waals surface area contributed by atoms with Crippen LogP contribution < -0.4 is 9.47 Å². The molecule has 4 nitrogen and oxygen atoms in total. The molecule has 2 aromatic rings. The molecule has 1 aliphatic rings. The van der Waals surface area contributed by atoms with Crippen LogP contribution >= 0.6 is 11.6 Å². The Hall–Kier alpha value is -1.75. The topological polar surface area (TPSA) is 24.9 Å². The van der Waals surface area contributed by atoms with Crippen molar-refractivity contribution >= 4 is 11.6 Å². The summed E-state index contributed by atoms with van der Waals surface area (Å²) in [6, 6.07) is 15.1. The normalized spacial score (nSPS) is 19.0. The summed E-state index contributed by atoms with van der Waals surface area (Å²) in [7, 11) is 5.44. The van der Waals surface area contributed by atoms with Crippen LogP contribution in [0.5, 0.6) is 11.5 Å². The predicted octanol–water partition coefficient (Wildman–Crippen LogP) is 3.85. The SMILES string of the molecule is COc1cc(CN2CCN(C)[C@@H](c3ccccc3)C2)cc(Cl)c1OC. The maximum Gasteiger partial charge on any atom is 0.179 e. The van der Waals surface area contributed by atoms with Gasteiger partial charge in [0.05, 0.1) is 19.2 Å². The molecule has 5 heteroatoms. The number of hydrogen-bond acceptors (Lipinski definition) is 4. The summed E-state index contributed by atoms with van der Waals surface area (Å²) in [5.41, 5.74) is 2.50. The number of hydrogen-bond donors (Lipinski definition) is 0. The Balaban J connectivity index is 1.76. The lowest BCUT2D eigenvalue weighted by Crippen LogP contribution is -2.46. The average molecular weight is 361 g/mol. The second-order valence-electron chi connectivity index (χ2n) is 6.46. The predicted molar refractivity (Wildman–Crippen MR) is 102 cm³/mol. The van der Waals surface area contributed by atoms with Crippen molar-refractivity contribution in [2.45, 2.75) is 12.6 Å². The number of benzene rings is 2. The molecule has 0 saturated carbocycles. The molecule has 3 rings (SSSR count). The van der Waals surface area contributed by atoms with Crippen molar-refractivity contribution in [3.05, 3.63) is 58.6 Å². The molecule has 25 heavy (non-hydrogen) atoms. The van der Waals surface area contributed by atoms with E-state index in [0.717, 1.165) is 31.7 Å². The van der Waals surface area contributed by atoms with Crippen molar-refractivity contribution in [2.75, 3.05) is 40.9 Å². The molecule has 0 bridgehead atoms. The van der Waals surface area contributed by atoms with Crippen molar-refractivity contribution in [3.63, 3.8) is 0 Å². The Morgan fingerprint density at radius 1 is 1.08 bits per heavy atom. The molecule has 0 N–H and O–H groups in total. The first kappa shape index (κ1) is 18.1. The van der Waals surface area contributed by atoms with E-state index in [-0.39, 0.29) is 0 Å². The number of methoxy groups -OCH3 is 2. The number of nitrogens with zero attached hydrogens (tertiary/aromatic N) is 2. The van der Waals surface area contributed by atoms with Crippen molar-refractivity contribution in [2.24, 2.45) is 0 Å². The van der Waals surface area contributed by atoms with Gasteiger partial charge in [-0.05, 0) is 30.3 Å².